The van der Waals surface area contributed by atoms with Gasteiger partial charge >= 0.3 is 5.97 Å². The average Bonchev–Trinajstić information content (AvgIpc) is 3.20. The maximum atomic E-state index is 11.6. The third-order valence-corrected chi connectivity index (χ3v) is 3.70. The number of rotatable bonds is 6. The van der Waals surface area contributed by atoms with Gasteiger partial charge < -0.3 is 15.0 Å². The number of hydrogen-bond donors (Lipinski definition) is 1. The van der Waals surface area contributed by atoms with Crippen molar-refractivity contribution in [3.8, 4) is 0 Å². The second kappa shape index (κ2) is 6.61. The van der Waals surface area contributed by atoms with Crippen LogP contribution >= 0.6 is 0 Å². The molecule has 21 heavy (non-hydrogen) atoms. The minimum atomic E-state index is -0.270. The van der Waals surface area contributed by atoms with Crippen LogP contribution < -0.4 is 10.2 Å². The molecule has 0 saturated heterocycles. The van der Waals surface area contributed by atoms with E-state index >= 15 is 0 Å². The molecule has 0 bridgehead atoms. The van der Waals surface area contributed by atoms with E-state index in [0.717, 1.165) is 17.7 Å². The van der Waals surface area contributed by atoms with Crippen molar-refractivity contribution in [3.63, 3.8) is 0 Å². The van der Waals surface area contributed by atoms with Crippen molar-refractivity contribution in [3.05, 3.63) is 29.8 Å². The number of carbonyl (C=O) groups excluding carboxylic acids is 2. The normalized spacial score (nSPS) is 19.8. The van der Waals surface area contributed by atoms with E-state index in [2.05, 4.69) is 5.32 Å². The molecule has 1 aromatic carbocycles. The first-order valence-corrected chi connectivity index (χ1v) is 7.17. The average molecular weight is 290 g/mol. The first-order chi connectivity index (χ1) is 9.97. The molecule has 5 nitrogen and oxygen atoms in total. The van der Waals surface area contributed by atoms with Gasteiger partial charge in [0.25, 0.3) is 5.91 Å². The third-order valence-electron chi connectivity index (χ3n) is 3.70. The second-order valence-electron chi connectivity index (χ2n) is 5.76. The summed E-state index contributed by atoms with van der Waals surface area (Å²) in [5, 5.41) is 2.74. The summed E-state index contributed by atoms with van der Waals surface area (Å²) in [4.78, 5) is 25.1. The molecule has 1 N–H and O–H groups in total. The monoisotopic (exact) mass is 290 g/mol. The second-order valence-corrected chi connectivity index (χ2v) is 5.76. The van der Waals surface area contributed by atoms with Crippen molar-refractivity contribution in [1.29, 1.82) is 0 Å². The Balaban J connectivity index is 1.69. The Hall–Kier alpha value is -2.04. The summed E-state index contributed by atoms with van der Waals surface area (Å²) in [6, 6.07) is 7.92. The predicted molar refractivity (Wildman–Crippen MR) is 80.8 cm³/mol. The highest BCUT2D eigenvalue weighted by Crippen LogP contribution is 2.38. The zero-order valence-electron chi connectivity index (χ0n) is 12.8. The standard InChI is InChI=1S/C16H22N2O3/c1-11-8-14(11)16(20)21-10-15(19)17-9-12-4-6-13(7-5-12)18(2)3/h4-7,11,14H,8-10H2,1-3H3,(H,17,19)/t11-,14-/m1/s1. The predicted octanol–water partition coefficient (Wildman–Crippen LogP) is 1.57. The molecular weight excluding hydrogens is 268 g/mol. The van der Waals surface area contributed by atoms with Crippen LogP contribution in [-0.2, 0) is 20.9 Å². The van der Waals surface area contributed by atoms with Gasteiger partial charge in [-0.2, -0.15) is 0 Å². The van der Waals surface area contributed by atoms with Crippen molar-refractivity contribution >= 4 is 17.6 Å². The smallest absolute Gasteiger partial charge is 0.309 e. The first-order valence-electron chi connectivity index (χ1n) is 7.17. The maximum Gasteiger partial charge on any atom is 0.309 e. The summed E-state index contributed by atoms with van der Waals surface area (Å²) in [5.41, 5.74) is 2.12. The minimum absolute atomic E-state index is 0.00335. The van der Waals surface area contributed by atoms with Crippen molar-refractivity contribution in [2.24, 2.45) is 11.8 Å². The lowest BCUT2D eigenvalue weighted by atomic mass is 10.2. The van der Waals surface area contributed by atoms with Gasteiger partial charge in [-0.05, 0) is 30.0 Å². The SMILES string of the molecule is C[C@@H]1C[C@H]1C(=O)OCC(=O)NCc1ccc(N(C)C)cc1. The lowest BCUT2D eigenvalue weighted by Crippen LogP contribution is -2.28. The Labute approximate surface area is 125 Å². The number of nitrogens with zero attached hydrogens (tertiary/aromatic N) is 1. The molecule has 1 saturated carbocycles. The molecule has 0 spiro atoms. The lowest BCUT2D eigenvalue weighted by molar-refractivity contribution is -0.150. The number of nitrogens with one attached hydrogen (secondary N) is 1. The quantitative estimate of drug-likeness (QED) is 0.808. The van der Waals surface area contributed by atoms with E-state index in [0.29, 0.717) is 12.5 Å². The molecule has 1 amide bonds. The minimum Gasteiger partial charge on any atom is -0.455 e. The van der Waals surface area contributed by atoms with E-state index in [-0.39, 0.29) is 24.4 Å². The number of benzene rings is 1. The molecule has 0 heterocycles. The van der Waals surface area contributed by atoms with Crippen LogP contribution in [0.2, 0.25) is 0 Å². The number of hydrogen-bond acceptors (Lipinski definition) is 4. The Morgan fingerprint density at radius 2 is 1.90 bits per heavy atom. The van der Waals surface area contributed by atoms with Crippen molar-refractivity contribution in [2.45, 2.75) is 19.9 Å². The van der Waals surface area contributed by atoms with Gasteiger partial charge in [0.15, 0.2) is 6.61 Å². The highest BCUT2D eigenvalue weighted by molar-refractivity contribution is 5.82. The number of esters is 1. The van der Waals surface area contributed by atoms with Gasteiger partial charge in [0, 0.05) is 26.3 Å². The summed E-state index contributed by atoms with van der Waals surface area (Å²) in [7, 11) is 3.96. The summed E-state index contributed by atoms with van der Waals surface area (Å²) in [5.74, 6) is -0.131. The number of amides is 1. The number of carbonyl (C=O) groups is 2. The molecule has 1 aliphatic carbocycles. The number of ether oxygens (including phenoxy) is 1. The summed E-state index contributed by atoms with van der Waals surface area (Å²) in [6.45, 7) is 2.24. The zero-order valence-corrected chi connectivity index (χ0v) is 12.8. The Bertz CT molecular complexity index is 511. The van der Waals surface area contributed by atoms with Gasteiger partial charge in [-0.3, -0.25) is 9.59 Å². The molecule has 5 heteroatoms. The lowest BCUT2D eigenvalue weighted by Gasteiger charge is -2.13. The fraction of sp³-hybridized carbons (Fsp3) is 0.500. The topological polar surface area (TPSA) is 58.6 Å². The summed E-state index contributed by atoms with van der Waals surface area (Å²) in [6.07, 6.45) is 0.874. The van der Waals surface area contributed by atoms with Crippen LogP contribution in [0.3, 0.4) is 0 Å². The molecule has 1 aromatic rings. The first kappa shape index (κ1) is 15.4. The molecule has 0 radical (unpaired) electrons. The highest BCUT2D eigenvalue weighted by atomic mass is 16.5. The fourth-order valence-electron chi connectivity index (χ4n) is 2.06. The Morgan fingerprint density at radius 1 is 1.29 bits per heavy atom. The molecule has 0 unspecified atom stereocenters. The van der Waals surface area contributed by atoms with Gasteiger partial charge in [-0.15, -0.1) is 0 Å². The maximum absolute atomic E-state index is 11.6. The van der Waals surface area contributed by atoms with E-state index in [1.54, 1.807) is 0 Å². The van der Waals surface area contributed by atoms with Crippen LogP contribution in [0, 0.1) is 11.8 Å². The van der Waals surface area contributed by atoms with Crippen LogP contribution in [0.25, 0.3) is 0 Å². The Kier molecular flexibility index (Phi) is 4.83. The van der Waals surface area contributed by atoms with E-state index in [9.17, 15) is 9.59 Å². The molecule has 2 rings (SSSR count). The van der Waals surface area contributed by atoms with E-state index in [1.165, 1.54) is 0 Å². The molecule has 1 fully saturated rings. The molecule has 114 valence electrons. The van der Waals surface area contributed by atoms with E-state index in [1.807, 2.05) is 50.2 Å². The van der Waals surface area contributed by atoms with Crippen LogP contribution in [0.1, 0.15) is 18.9 Å². The zero-order chi connectivity index (χ0) is 15.4. The fourth-order valence-corrected chi connectivity index (χ4v) is 2.06. The van der Waals surface area contributed by atoms with Crippen LogP contribution in [0.4, 0.5) is 5.69 Å². The van der Waals surface area contributed by atoms with Crippen molar-refractivity contribution < 1.29 is 14.3 Å². The van der Waals surface area contributed by atoms with Gasteiger partial charge in [0.2, 0.25) is 0 Å². The van der Waals surface area contributed by atoms with Crippen LogP contribution in [-0.4, -0.2) is 32.6 Å². The Morgan fingerprint density at radius 3 is 2.43 bits per heavy atom. The van der Waals surface area contributed by atoms with Crippen LogP contribution in [0.15, 0.2) is 24.3 Å². The molecule has 1 aliphatic rings. The van der Waals surface area contributed by atoms with Crippen molar-refractivity contribution in [2.75, 3.05) is 25.6 Å². The summed E-state index contributed by atoms with van der Waals surface area (Å²) < 4.78 is 4.98. The molecular formula is C16H22N2O3. The molecule has 2 atom stereocenters. The van der Waals surface area contributed by atoms with Gasteiger partial charge in [0.05, 0.1) is 5.92 Å². The van der Waals surface area contributed by atoms with Gasteiger partial charge in [-0.1, -0.05) is 19.1 Å². The highest BCUT2D eigenvalue weighted by Gasteiger charge is 2.40. The van der Waals surface area contributed by atoms with E-state index in [4.69, 9.17) is 4.74 Å². The van der Waals surface area contributed by atoms with E-state index < -0.39 is 0 Å². The van der Waals surface area contributed by atoms with Gasteiger partial charge in [-0.25, -0.2) is 0 Å². The third kappa shape index (κ3) is 4.48. The largest absolute Gasteiger partial charge is 0.455 e. The van der Waals surface area contributed by atoms with Gasteiger partial charge in [0.1, 0.15) is 0 Å². The molecule has 0 aliphatic heterocycles. The number of anilines is 1. The summed E-state index contributed by atoms with van der Waals surface area (Å²) >= 11 is 0. The van der Waals surface area contributed by atoms with Crippen molar-refractivity contribution in [1.82, 2.24) is 5.32 Å². The van der Waals surface area contributed by atoms with Crippen LogP contribution in [0.5, 0.6) is 0 Å². The molecule has 0 aromatic heterocycles.